The summed E-state index contributed by atoms with van der Waals surface area (Å²) in [6.07, 6.45) is 1.90. The zero-order valence-electron chi connectivity index (χ0n) is 11.2. The van der Waals surface area contributed by atoms with Gasteiger partial charge in [-0.1, -0.05) is 63.2 Å². The zero-order valence-corrected chi connectivity index (χ0v) is 11.2. The smallest absolute Gasteiger partial charge is 0.0629 e. The van der Waals surface area contributed by atoms with Crippen LogP contribution in [0.25, 0.3) is 0 Å². The highest BCUT2D eigenvalue weighted by molar-refractivity contribution is 5.81. The molecular formula is C17H19N. The van der Waals surface area contributed by atoms with E-state index in [1.54, 1.807) is 0 Å². The number of hydrogen-bond acceptors (Lipinski definition) is 1. The number of rotatable bonds is 2. The molecule has 0 aliphatic carbocycles. The molecule has 0 aliphatic rings. The van der Waals surface area contributed by atoms with Crippen LogP contribution in [0.1, 0.15) is 31.9 Å². The van der Waals surface area contributed by atoms with Gasteiger partial charge in [-0.05, 0) is 28.7 Å². The molecule has 1 nitrogen and oxygen atoms in total. The van der Waals surface area contributed by atoms with Crippen LogP contribution in [0, 0.1) is 0 Å². The highest BCUT2D eigenvalue weighted by atomic mass is 14.7. The first-order chi connectivity index (χ1) is 8.55. The lowest BCUT2D eigenvalue weighted by Crippen LogP contribution is -2.10. The molecule has 1 heteroatoms. The quantitative estimate of drug-likeness (QED) is 0.669. The van der Waals surface area contributed by atoms with Crippen molar-refractivity contribution in [3.63, 3.8) is 0 Å². The van der Waals surface area contributed by atoms with Crippen molar-refractivity contribution in [1.29, 1.82) is 0 Å². The van der Waals surface area contributed by atoms with Gasteiger partial charge in [0.05, 0.1) is 5.69 Å². The summed E-state index contributed by atoms with van der Waals surface area (Å²) in [6.45, 7) is 6.67. The van der Waals surface area contributed by atoms with E-state index in [9.17, 15) is 0 Å². The van der Waals surface area contributed by atoms with Crippen LogP contribution in [0.5, 0.6) is 0 Å². The Morgan fingerprint density at radius 3 is 2.00 bits per heavy atom. The molecule has 0 heterocycles. The summed E-state index contributed by atoms with van der Waals surface area (Å²) < 4.78 is 0. The zero-order chi connectivity index (χ0) is 13.0. The van der Waals surface area contributed by atoms with Gasteiger partial charge in [0.2, 0.25) is 0 Å². The summed E-state index contributed by atoms with van der Waals surface area (Å²) in [4.78, 5) is 4.44. The van der Waals surface area contributed by atoms with Gasteiger partial charge in [-0.2, -0.15) is 0 Å². The Labute approximate surface area is 109 Å². The van der Waals surface area contributed by atoms with E-state index in [1.165, 1.54) is 5.56 Å². The standard InChI is InChI=1S/C17H19N/c1-17(2,3)15-11-9-14(10-12-15)13-18-16-7-5-4-6-8-16/h4-13H,1-3H3/b18-13+. The Morgan fingerprint density at radius 2 is 1.44 bits per heavy atom. The van der Waals surface area contributed by atoms with Gasteiger partial charge >= 0.3 is 0 Å². The van der Waals surface area contributed by atoms with Gasteiger partial charge in [-0.3, -0.25) is 4.99 Å². The van der Waals surface area contributed by atoms with Crippen molar-refractivity contribution < 1.29 is 0 Å². The summed E-state index contributed by atoms with van der Waals surface area (Å²) in [5.41, 5.74) is 3.67. The molecule has 0 aliphatic heterocycles. The largest absolute Gasteiger partial charge is 0.256 e. The lowest BCUT2D eigenvalue weighted by molar-refractivity contribution is 0.590. The number of hydrogen-bond donors (Lipinski definition) is 0. The van der Waals surface area contributed by atoms with Crippen molar-refractivity contribution in [2.45, 2.75) is 26.2 Å². The molecule has 0 unspecified atom stereocenters. The fourth-order valence-corrected chi connectivity index (χ4v) is 1.73. The molecular weight excluding hydrogens is 218 g/mol. The fraction of sp³-hybridized carbons (Fsp3) is 0.235. The van der Waals surface area contributed by atoms with Crippen molar-refractivity contribution in [2.24, 2.45) is 4.99 Å². The monoisotopic (exact) mass is 237 g/mol. The van der Waals surface area contributed by atoms with Crippen molar-refractivity contribution >= 4 is 11.9 Å². The van der Waals surface area contributed by atoms with Crippen molar-refractivity contribution in [3.8, 4) is 0 Å². The van der Waals surface area contributed by atoms with Crippen LogP contribution in [0.4, 0.5) is 5.69 Å². The second-order valence-corrected chi connectivity index (χ2v) is 5.47. The third kappa shape index (κ3) is 3.30. The van der Waals surface area contributed by atoms with E-state index in [0.717, 1.165) is 11.3 Å². The van der Waals surface area contributed by atoms with Gasteiger partial charge in [0, 0.05) is 6.21 Å². The Morgan fingerprint density at radius 1 is 0.833 bits per heavy atom. The first kappa shape index (κ1) is 12.6. The maximum atomic E-state index is 4.44. The number of aliphatic imine (C=N–C) groups is 1. The van der Waals surface area contributed by atoms with E-state index in [4.69, 9.17) is 0 Å². The molecule has 0 N–H and O–H groups in total. The molecule has 0 saturated carbocycles. The van der Waals surface area contributed by atoms with Crippen LogP contribution in [0.3, 0.4) is 0 Å². The first-order valence-corrected chi connectivity index (χ1v) is 6.25. The van der Waals surface area contributed by atoms with Crippen LogP contribution < -0.4 is 0 Å². The third-order valence-electron chi connectivity index (χ3n) is 2.90. The number of benzene rings is 2. The summed E-state index contributed by atoms with van der Waals surface area (Å²) in [6, 6.07) is 18.6. The lowest BCUT2D eigenvalue weighted by atomic mass is 9.87. The van der Waals surface area contributed by atoms with Gasteiger partial charge < -0.3 is 0 Å². The Kier molecular flexibility index (Phi) is 3.61. The molecule has 2 rings (SSSR count). The predicted molar refractivity (Wildman–Crippen MR) is 78.8 cm³/mol. The van der Waals surface area contributed by atoms with Crippen LogP contribution in [0.15, 0.2) is 59.6 Å². The van der Waals surface area contributed by atoms with Crippen LogP contribution in [-0.4, -0.2) is 6.21 Å². The second kappa shape index (κ2) is 5.18. The molecule has 2 aromatic rings. The number of nitrogens with zero attached hydrogens (tertiary/aromatic N) is 1. The van der Waals surface area contributed by atoms with E-state index < -0.39 is 0 Å². The summed E-state index contributed by atoms with van der Waals surface area (Å²) in [5.74, 6) is 0. The van der Waals surface area contributed by atoms with Crippen LogP contribution in [-0.2, 0) is 5.41 Å². The minimum Gasteiger partial charge on any atom is -0.256 e. The van der Waals surface area contributed by atoms with Crippen molar-refractivity contribution in [3.05, 3.63) is 65.7 Å². The summed E-state index contributed by atoms with van der Waals surface area (Å²) in [5, 5.41) is 0. The number of para-hydroxylation sites is 1. The molecule has 18 heavy (non-hydrogen) atoms. The van der Waals surface area contributed by atoms with E-state index in [0.29, 0.717) is 0 Å². The third-order valence-corrected chi connectivity index (χ3v) is 2.90. The molecule has 0 amide bonds. The van der Waals surface area contributed by atoms with Gasteiger partial charge in [0.15, 0.2) is 0 Å². The van der Waals surface area contributed by atoms with Crippen molar-refractivity contribution in [2.75, 3.05) is 0 Å². The van der Waals surface area contributed by atoms with Gasteiger partial charge in [-0.15, -0.1) is 0 Å². The molecule has 0 aromatic heterocycles. The molecule has 92 valence electrons. The molecule has 2 aromatic carbocycles. The average Bonchev–Trinajstić information content (AvgIpc) is 2.37. The molecule has 0 atom stereocenters. The minimum absolute atomic E-state index is 0.203. The first-order valence-electron chi connectivity index (χ1n) is 6.25. The molecule has 0 spiro atoms. The second-order valence-electron chi connectivity index (χ2n) is 5.47. The average molecular weight is 237 g/mol. The van der Waals surface area contributed by atoms with Crippen molar-refractivity contribution in [1.82, 2.24) is 0 Å². The van der Waals surface area contributed by atoms with E-state index in [2.05, 4.69) is 50.0 Å². The molecule has 0 saturated heterocycles. The Hall–Kier alpha value is -1.89. The van der Waals surface area contributed by atoms with Gasteiger partial charge in [0.1, 0.15) is 0 Å². The van der Waals surface area contributed by atoms with Crippen LogP contribution >= 0.6 is 0 Å². The summed E-state index contributed by atoms with van der Waals surface area (Å²) >= 11 is 0. The van der Waals surface area contributed by atoms with Gasteiger partial charge in [-0.25, -0.2) is 0 Å². The molecule has 0 radical (unpaired) electrons. The predicted octanol–water partition coefficient (Wildman–Crippen LogP) is 4.73. The Bertz CT molecular complexity index is 516. The maximum absolute atomic E-state index is 4.44. The fourth-order valence-electron chi connectivity index (χ4n) is 1.73. The highest BCUT2D eigenvalue weighted by Crippen LogP contribution is 2.22. The van der Waals surface area contributed by atoms with Crippen LogP contribution in [0.2, 0.25) is 0 Å². The summed E-state index contributed by atoms with van der Waals surface area (Å²) in [7, 11) is 0. The minimum atomic E-state index is 0.203. The lowest BCUT2D eigenvalue weighted by Gasteiger charge is -2.18. The Balaban J connectivity index is 2.14. The normalized spacial score (nSPS) is 11.9. The topological polar surface area (TPSA) is 12.4 Å². The molecule has 0 fully saturated rings. The maximum Gasteiger partial charge on any atom is 0.0629 e. The SMILES string of the molecule is CC(C)(C)c1ccc(/C=N/c2ccccc2)cc1. The highest BCUT2D eigenvalue weighted by Gasteiger charge is 2.12. The van der Waals surface area contributed by atoms with E-state index in [1.807, 2.05) is 36.5 Å². The van der Waals surface area contributed by atoms with E-state index in [-0.39, 0.29) is 5.41 Å². The molecule has 0 bridgehead atoms. The van der Waals surface area contributed by atoms with Gasteiger partial charge in [0.25, 0.3) is 0 Å². The van der Waals surface area contributed by atoms with E-state index >= 15 is 0 Å².